The molecule has 5 heteroatoms. The van der Waals surface area contributed by atoms with E-state index in [1.165, 1.54) is 0 Å². The molecule has 0 fully saturated rings. The highest BCUT2D eigenvalue weighted by atomic mass is 15.2. The molecule has 0 atom stereocenters. The van der Waals surface area contributed by atoms with Crippen molar-refractivity contribution in [2.24, 2.45) is 0 Å². The van der Waals surface area contributed by atoms with Crippen molar-refractivity contribution in [1.29, 1.82) is 0 Å². The highest BCUT2D eigenvalue weighted by molar-refractivity contribution is 6.09. The fourth-order valence-electron chi connectivity index (χ4n) is 9.09. The second-order valence-corrected chi connectivity index (χ2v) is 16.7. The summed E-state index contributed by atoms with van der Waals surface area (Å²) in [5.74, 6) is 1.83. The average Bonchev–Trinajstić information content (AvgIpc) is 3.83. The van der Waals surface area contributed by atoms with Crippen molar-refractivity contribution in [2.75, 3.05) is 0 Å². The van der Waals surface area contributed by atoms with Crippen LogP contribution in [0.15, 0.2) is 249 Å². The summed E-state index contributed by atoms with van der Waals surface area (Å²) in [5, 5.41) is 7.68. The second kappa shape index (κ2) is 17.1. The summed E-state index contributed by atoms with van der Waals surface area (Å²) in [5.41, 5.74) is 16.9. The Morgan fingerprint density at radius 1 is 0.269 bits per heavy atom. The molecule has 0 aliphatic heterocycles. The van der Waals surface area contributed by atoms with Gasteiger partial charge in [-0.15, -0.1) is 0 Å². The van der Waals surface area contributed by atoms with Crippen molar-refractivity contribution in [1.82, 2.24) is 24.6 Å². The molecule has 0 amide bonds. The number of rotatable bonds is 9. The van der Waals surface area contributed by atoms with Gasteiger partial charge in [0.1, 0.15) is 5.69 Å². The first-order valence-corrected chi connectivity index (χ1v) is 22.5. The predicted molar refractivity (Wildman–Crippen MR) is 275 cm³/mol. The molecule has 12 aromatic rings. The molecule has 3 aromatic heterocycles. The van der Waals surface area contributed by atoms with Gasteiger partial charge in [0.05, 0.1) is 11.2 Å². The number of pyridine rings is 1. The van der Waals surface area contributed by atoms with Crippen LogP contribution in [0.25, 0.3) is 117 Å². The van der Waals surface area contributed by atoms with E-state index in [1.807, 2.05) is 12.1 Å². The number of hydrogen-bond donors (Lipinski definition) is 0. The number of fused-ring (bicyclic) bond motifs is 3. The summed E-state index contributed by atoms with van der Waals surface area (Å²) in [4.78, 5) is 15.5. The van der Waals surface area contributed by atoms with Crippen LogP contribution < -0.4 is 0 Å². The highest BCUT2D eigenvalue weighted by Crippen LogP contribution is 2.42. The molecule has 0 bridgehead atoms. The number of nitrogens with zero attached hydrogens (tertiary/aromatic N) is 5. The topological polar surface area (TPSA) is 56.0 Å². The van der Waals surface area contributed by atoms with Gasteiger partial charge in [0.25, 0.3) is 0 Å². The van der Waals surface area contributed by atoms with Crippen molar-refractivity contribution in [3.8, 4) is 101 Å². The number of hydrogen-bond acceptors (Lipinski definition) is 4. The second-order valence-electron chi connectivity index (χ2n) is 16.7. The smallest absolute Gasteiger partial charge is 0.164 e. The Labute approximate surface area is 389 Å². The molecule has 0 aliphatic rings. The van der Waals surface area contributed by atoms with Crippen LogP contribution in [0.2, 0.25) is 0 Å². The standard InChI is InChI=1S/C62H41N5/c1-6-17-42(18-7-1)44-29-33-49(34-30-44)60-63-61(50-35-31-45(32-36-50)43-19-8-2-9-20-43)65-62(64-60)54-28-16-27-51(39-54)52-37-38-53-41-56(46-21-10-3-11-22-46)67-59(55(53)40-52)57(47-23-12-4-13-24-47)58(66-67)48-25-14-5-15-26-48/h1-41H. The first-order chi connectivity index (χ1) is 33.2. The summed E-state index contributed by atoms with van der Waals surface area (Å²) >= 11 is 0. The molecule has 67 heavy (non-hydrogen) atoms. The fourth-order valence-corrected chi connectivity index (χ4v) is 9.09. The van der Waals surface area contributed by atoms with E-state index >= 15 is 0 Å². The lowest BCUT2D eigenvalue weighted by Crippen LogP contribution is -2.00. The molecule has 0 N–H and O–H groups in total. The predicted octanol–water partition coefficient (Wildman–Crippen LogP) is 15.7. The Kier molecular flexibility index (Phi) is 10.1. The van der Waals surface area contributed by atoms with Gasteiger partial charge in [-0.2, -0.15) is 5.10 Å². The van der Waals surface area contributed by atoms with Gasteiger partial charge in [-0.25, -0.2) is 19.5 Å². The molecule has 0 spiro atoms. The molecule has 0 saturated carbocycles. The normalized spacial score (nSPS) is 11.3. The SMILES string of the molecule is c1ccc(-c2ccc(-c3nc(-c4ccc(-c5ccccc5)cc4)nc(-c4cccc(-c5ccc6cc(-c7ccccc7)n7nc(-c8ccccc8)c(-c8ccccc8)c7c6c5)c4)n3)cc2)cc1. The molecule has 314 valence electrons. The zero-order valence-corrected chi connectivity index (χ0v) is 36.4. The van der Waals surface area contributed by atoms with Gasteiger partial charge in [-0.3, -0.25) is 0 Å². The zero-order valence-electron chi connectivity index (χ0n) is 36.4. The molecule has 0 unspecified atom stereocenters. The Hall–Kier alpha value is -9.06. The van der Waals surface area contributed by atoms with Crippen LogP contribution in [0.1, 0.15) is 0 Å². The number of aromatic nitrogens is 5. The molecular weight excluding hydrogens is 815 g/mol. The van der Waals surface area contributed by atoms with E-state index in [2.05, 4.69) is 241 Å². The molecule has 5 nitrogen and oxygen atoms in total. The summed E-state index contributed by atoms with van der Waals surface area (Å²) < 4.78 is 2.15. The maximum atomic E-state index is 5.44. The van der Waals surface area contributed by atoms with Gasteiger partial charge in [-0.1, -0.05) is 231 Å². The third-order valence-corrected chi connectivity index (χ3v) is 12.5. The first kappa shape index (κ1) is 39.5. The van der Waals surface area contributed by atoms with Crippen LogP contribution in [-0.4, -0.2) is 24.6 Å². The van der Waals surface area contributed by atoms with E-state index in [4.69, 9.17) is 20.1 Å². The quantitative estimate of drug-likeness (QED) is 0.145. The van der Waals surface area contributed by atoms with E-state index in [0.717, 1.165) is 100 Å². The lowest BCUT2D eigenvalue weighted by molar-refractivity contribution is 0.979. The molecule has 0 aliphatic carbocycles. The van der Waals surface area contributed by atoms with Crippen LogP contribution in [0.5, 0.6) is 0 Å². The van der Waals surface area contributed by atoms with Gasteiger partial charge in [0.2, 0.25) is 0 Å². The fraction of sp³-hybridized carbons (Fsp3) is 0. The minimum absolute atomic E-state index is 0.603. The summed E-state index contributed by atoms with van der Waals surface area (Å²) in [6, 6.07) is 87.0. The largest absolute Gasteiger partial charge is 0.231 e. The van der Waals surface area contributed by atoms with Crippen LogP contribution in [0.4, 0.5) is 0 Å². The third kappa shape index (κ3) is 7.64. The maximum Gasteiger partial charge on any atom is 0.164 e. The molecule has 12 rings (SSSR count). The lowest BCUT2D eigenvalue weighted by Gasteiger charge is -2.13. The van der Waals surface area contributed by atoms with E-state index < -0.39 is 0 Å². The van der Waals surface area contributed by atoms with Gasteiger partial charge < -0.3 is 0 Å². The van der Waals surface area contributed by atoms with Gasteiger partial charge >= 0.3 is 0 Å². The van der Waals surface area contributed by atoms with Gasteiger partial charge in [0, 0.05) is 38.8 Å². The monoisotopic (exact) mass is 855 g/mol. The van der Waals surface area contributed by atoms with Crippen LogP contribution >= 0.6 is 0 Å². The molecular formula is C62H41N5. The minimum Gasteiger partial charge on any atom is -0.231 e. The van der Waals surface area contributed by atoms with Crippen LogP contribution in [0.3, 0.4) is 0 Å². The van der Waals surface area contributed by atoms with E-state index in [9.17, 15) is 0 Å². The third-order valence-electron chi connectivity index (χ3n) is 12.5. The Bertz CT molecular complexity index is 3580. The Balaban J connectivity index is 1.01. The van der Waals surface area contributed by atoms with E-state index in [-0.39, 0.29) is 0 Å². The molecule has 3 heterocycles. The Morgan fingerprint density at radius 3 is 1.19 bits per heavy atom. The van der Waals surface area contributed by atoms with Crippen LogP contribution in [0, 0.1) is 0 Å². The minimum atomic E-state index is 0.603. The van der Waals surface area contributed by atoms with Gasteiger partial charge in [-0.05, 0) is 62.5 Å². The Morgan fingerprint density at radius 2 is 0.657 bits per heavy atom. The summed E-state index contributed by atoms with van der Waals surface area (Å²) in [7, 11) is 0. The van der Waals surface area contributed by atoms with Crippen LogP contribution in [-0.2, 0) is 0 Å². The summed E-state index contributed by atoms with van der Waals surface area (Å²) in [6.45, 7) is 0. The van der Waals surface area contributed by atoms with Crippen molar-refractivity contribution in [2.45, 2.75) is 0 Å². The van der Waals surface area contributed by atoms with E-state index in [1.54, 1.807) is 0 Å². The molecule has 0 radical (unpaired) electrons. The average molecular weight is 856 g/mol. The van der Waals surface area contributed by atoms with Crippen molar-refractivity contribution >= 4 is 16.3 Å². The van der Waals surface area contributed by atoms with Crippen molar-refractivity contribution < 1.29 is 0 Å². The highest BCUT2D eigenvalue weighted by Gasteiger charge is 2.22. The zero-order chi connectivity index (χ0) is 44.5. The summed E-state index contributed by atoms with van der Waals surface area (Å²) in [6.07, 6.45) is 0. The maximum absolute atomic E-state index is 5.44. The molecule has 9 aromatic carbocycles. The van der Waals surface area contributed by atoms with Crippen molar-refractivity contribution in [3.05, 3.63) is 249 Å². The van der Waals surface area contributed by atoms with Crippen molar-refractivity contribution in [3.63, 3.8) is 0 Å². The first-order valence-electron chi connectivity index (χ1n) is 22.5. The lowest BCUT2D eigenvalue weighted by atomic mass is 9.94. The number of benzene rings is 9. The van der Waals surface area contributed by atoms with Gasteiger partial charge in [0.15, 0.2) is 17.5 Å². The van der Waals surface area contributed by atoms with E-state index in [0.29, 0.717) is 17.5 Å². The molecule has 0 saturated heterocycles.